The Morgan fingerprint density at radius 1 is 0.810 bits per heavy atom. The predicted octanol–water partition coefficient (Wildman–Crippen LogP) is 5.39. The molecule has 0 amide bonds. The number of hydrogen-bond acceptors (Lipinski definition) is 1. The second-order valence-electron chi connectivity index (χ2n) is 5.32. The largest absolute Gasteiger partial charge is 0.692 e. The van der Waals surface area contributed by atoms with Crippen molar-refractivity contribution in [2.75, 3.05) is 0 Å². The van der Waals surface area contributed by atoms with Crippen LogP contribution in [0.1, 0.15) is 70.3 Å². The van der Waals surface area contributed by atoms with Crippen LogP contribution in [-0.2, 0) is 11.0 Å². The molecule has 4 heteroatoms. The van der Waals surface area contributed by atoms with E-state index >= 15 is 0 Å². The zero-order valence-electron chi connectivity index (χ0n) is 13.2. The smallest absolute Gasteiger partial charge is 0.134 e. The molecule has 0 aliphatic heterocycles. The van der Waals surface area contributed by atoms with Crippen molar-refractivity contribution in [1.82, 2.24) is 0 Å². The molecule has 0 atom stereocenters. The van der Waals surface area contributed by atoms with Gasteiger partial charge >= 0.3 is 8.25 Å². The maximum Gasteiger partial charge on any atom is 0.692 e. The summed E-state index contributed by atoms with van der Waals surface area (Å²) < 4.78 is 8.70. The van der Waals surface area contributed by atoms with Crippen molar-refractivity contribution in [3.63, 3.8) is 0 Å². The molecule has 0 spiro atoms. The van der Waals surface area contributed by atoms with Crippen LogP contribution >= 0.6 is 8.25 Å². The maximum atomic E-state index is 8.70. The molecule has 0 aromatic heterocycles. The van der Waals surface area contributed by atoms with Crippen molar-refractivity contribution >= 4 is 8.25 Å². The molecule has 0 saturated carbocycles. The van der Waals surface area contributed by atoms with Gasteiger partial charge in [0.2, 0.25) is 0 Å². The zero-order valence-corrected chi connectivity index (χ0v) is 14.1. The van der Waals surface area contributed by atoms with Gasteiger partial charge in [0.25, 0.3) is 0 Å². The number of unbranched alkanes of at least 4 members (excludes halogenated alkanes) is 8. The van der Waals surface area contributed by atoms with Gasteiger partial charge in [-0.2, -0.15) is 0 Å². The third-order valence-corrected chi connectivity index (χ3v) is 3.41. The summed E-state index contributed by atoms with van der Waals surface area (Å²) in [5, 5.41) is 0. The molecule has 1 rings (SSSR count). The van der Waals surface area contributed by atoms with Crippen LogP contribution in [-0.4, -0.2) is 9.79 Å². The standard InChI is InChI=1S/C17H28.HO3P/c1-2-3-4-5-6-7-8-9-11-14-17-15-12-10-13-16-17;1-4(2)3/h10,12-13,15-16H,2-9,11,14H2,1H3;(H-,1,2,3)/p+1. The molecule has 0 saturated heterocycles. The molecule has 0 unspecified atom stereocenters. The highest BCUT2D eigenvalue weighted by Crippen LogP contribution is 2.11. The second-order valence-corrected chi connectivity index (χ2v) is 5.82. The van der Waals surface area contributed by atoms with Gasteiger partial charge in [0.05, 0.1) is 0 Å². The highest BCUT2D eigenvalue weighted by Gasteiger charge is 1.94. The van der Waals surface area contributed by atoms with Gasteiger partial charge in [-0.25, -0.2) is 0 Å². The van der Waals surface area contributed by atoms with Crippen molar-refractivity contribution < 1.29 is 14.4 Å². The Labute approximate surface area is 130 Å². The van der Waals surface area contributed by atoms with Gasteiger partial charge in [-0.3, -0.25) is 0 Å². The molecule has 0 bridgehead atoms. The summed E-state index contributed by atoms with van der Waals surface area (Å²) in [6.07, 6.45) is 14.0. The molecule has 0 radical (unpaired) electrons. The molecule has 0 fully saturated rings. The van der Waals surface area contributed by atoms with Crippen molar-refractivity contribution in [3.05, 3.63) is 35.9 Å². The Bertz CT molecular complexity index is 337. The quantitative estimate of drug-likeness (QED) is 0.450. The molecule has 3 nitrogen and oxygen atoms in total. The molecule has 0 aliphatic carbocycles. The summed E-state index contributed by atoms with van der Waals surface area (Å²) in [6.45, 7) is 2.28. The molecule has 1 aromatic rings. The van der Waals surface area contributed by atoms with Crippen LogP contribution in [0.15, 0.2) is 30.3 Å². The van der Waals surface area contributed by atoms with Crippen LogP contribution in [0.2, 0.25) is 0 Å². The third kappa shape index (κ3) is 17.2. The van der Waals surface area contributed by atoms with Gasteiger partial charge in [-0.1, -0.05) is 88.6 Å². The van der Waals surface area contributed by atoms with Crippen molar-refractivity contribution in [2.45, 2.75) is 71.1 Å². The average molecular weight is 313 g/mol. The molecular weight excluding hydrogens is 283 g/mol. The first-order chi connectivity index (χ1) is 10.2. The van der Waals surface area contributed by atoms with Crippen molar-refractivity contribution in [2.24, 2.45) is 0 Å². The minimum atomic E-state index is -2.87. The number of hydrogen-bond donors (Lipinski definition) is 2. The van der Waals surface area contributed by atoms with Crippen LogP contribution < -0.4 is 0 Å². The molecule has 21 heavy (non-hydrogen) atoms. The van der Waals surface area contributed by atoms with Crippen molar-refractivity contribution in [3.8, 4) is 0 Å². The first-order valence-corrected chi connectivity index (χ1v) is 9.22. The van der Waals surface area contributed by atoms with E-state index in [2.05, 4.69) is 37.3 Å². The van der Waals surface area contributed by atoms with E-state index in [0.29, 0.717) is 0 Å². The first kappa shape index (κ1) is 20.2. The van der Waals surface area contributed by atoms with E-state index in [-0.39, 0.29) is 0 Å². The van der Waals surface area contributed by atoms with E-state index in [9.17, 15) is 0 Å². The summed E-state index contributed by atoms with van der Waals surface area (Å²) in [5.74, 6) is 0. The lowest BCUT2D eigenvalue weighted by Crippen LogP contribution is -1.86. The Kier molecular flexibility index (Phi) is 15.1. The highest BCUT2D eigenvalue weighted by atomic mass is 31.1. The summed E-state index contributed by atoms with van der Waals surface area (Å²) >= 11 is 0. The summed E-state index contributed by atoms with van der Waals surface area (Å²) in [6, 6.07) is 10.9. The number of aryl methyl sites for hydroxylation is 1. The van der Waals surface area contributed by atoms with E-state index in [1.54, 1.807) is 0 Å². The van der Waals surface area contributed by atoms with Gasteiger partial charge in [0, 0.05) is 4.57 Å². The van der Waals surface area contributed by atoms with Crippen LogP contribution in [0, 0.1) is 0 Å². The zero-order chi connectivity index (χ0) is 15.8. The van der Waals surface area contributed by atoms with Crippen LogP contribution in [0.5, 0.6) is 0 Å². The molecule has 1 aromatic carbocycles. The Balaban J connectivity index is 0.000000885. The van der Waals surface area contributed by atoms with E-state index in [4.69, 9.17) is 14.4 Å². The minimum Gasteiger partial charge on any atom is -0.134 e. The van der Waals surface area contributed by atoms with Crippen molar-refractivity contribution in [1.29, 1.82) is 0 Å². The Morgan fingerprint density at radius 2 is 1.24 bits per heavy atom. The van der Waals surface area contributed by atoms with Gasteiger partial charge in [-0.15, -0.1) is 9.79 Å². The maximum absolute atomic E-state index is 8.70. The Hall–Kier alpha value is -0.760. The predicted molar refractivity (Wildman–Crippen MR) is 89.4 cm³/mol. The van der Waals surface area contributed by atoms with Crippen LogP contribution in [0.3, 0.4) is 0 Å². The lowest BCUT2D eigenvalue weighted by molar-refractivity contribution is 0.405. The molecule has 2 N–H and O–H groups in total. The van der Waals surface area contributed by atoms with E-state index < -0.39 is 8.25 Å². The highest BCUT2D eigenvalue weighted by molar-refractivity contribution is 7.30. The van der Waals surface area contributed by atoms with E-state index in [1.165, 1.54) is 69.8 Å². The van der Waals surface area contributed by atoms with Gasteiger partial charge in [-0.05, 0) is 18.4 Å². The SMILES string of the molecule is CCCCCCCCCCCc1ccccc1.O=[P+](O)O. The first-order valence-electron chi connectivity index (χ1n) is 8.05. The van der Waals surface area contributed by atoms with Gasteiger partial charge < -0.3 is 0 Å². The number of benzene rings is 1. The van der Waals surface area contributed by atoms with Gasteiger partial charge in [0.1, 0.15) is 0 Å². The fourth-order valence-corrected chi connectivity index (χ4v) is 2.28. The lowest BCUT2D eigenvalue weighted by Gasteiger charge is -2.02. The number of rotatable bonds is 10. The minimum absolute atomic E-state index is 1.26. The van der Waals surface area contributed by atoms with Crippen LogP contribution in [0.4, 0.5) is 0 Å². The molecule has 120 valence electrons. The fourth-order valence-electron chi connectivity index (χ4n) is 2.28. The van der Waals surface area contributed by atoms with E-state index in [0.717, 1.165) is 0 Å². The normalized spacial score (nSPS) is 9.86. The summed E-state index contributed by atoms with van der Waals surface area (Å²) in [7, 11) is -2.87. The lowest BCUT2D eigenvalue weighted by atomic mass is 10.0. The third-order valence-electron chi connectivity index (χ3n) is 3.41. The molecule has 0 aliphatic rings. The summed E-state index contributed by atoms with van der Waals surface area (Å²) in [4.78, 5) is 14.2. The fraction of sp³-hybridized carbons (Fsp3) is 0.647. The molecule has 0 heterocycles. The Morgan fingerprint density at radius 3 is 1.71 bits per heavy atom. The van der Waals surface area contributed by atoms with Gasteiger partial charge in [0.15, 0.2) is 0 Å². The second kappa shape index (κ2) is 15.6. The summed E-state index contributed by atoms with van der Waals surface area (Å²) in [5.41, 5.74) is 1.50. The molecular formula is C17H30O3P+. The topological polar surface area (TPSA) is 57.5 Å². The van der Waals surface area contributed by atoms with E-state index in [1.807, 2.05) is 0 Å². The monoisotopic (exact) mass is 313 g/mol. The average Bonchev–Trinajstić information content (AvgIpc) is 2.46. The van der Waals surface area contributed by atoms with Crippen LogP contribution in [0.25, 0.3) is 0 Å².